The van der Waals surface area contributed by atoms with Gasteiger partial charge in [0, 0.05) is 6.04 Å². The van der Waals surface area contributed by atoms with E-state index in [0.29, 0.717) is 6.42 Å². The molecule has 3 nitrogen and oxygen atoms in total. The van der Waals surface area contributed by atoms with Crippen LogP contribution in [0.1, 0.15) is 41.0 Å². The molecular weight excluding hydrogens is 198 g/mol. The van der Waals surface area contributed by atoms with E-state index in [4.69, 9.17) is 0 Å². The standard InChI is InChI=1S/C10H23NO2S/c1-6-11-9(2)7-8-14(12,13)10(3,4)5/h9,11H,6-8H2,1-5H3. The van der Waals surface area contributed by atoms with Crippen LogP contribution in [0.3, 0.4) is 0 Å². The fourth-order valence-corrected chi connectivity index (χ4v) is 2.36. The summed E-state index contributed by atoms with van der Waals surface area (Å²) in [5, 5.41) is 3.21. The molecule has 0 radical (unpaired) electrons. The highest BCUT2D eigenvalue weighted by Crippen LogP contribution is 2.17. The van der Waals surface area contributed by atoms with Crippen molar-refractivity contribution in [2.45, 2.75) is 51.8 Å². The molecule has 14 heavy (non-hydrogen) atoms. The quantitative estimate of drug-likeness (QED) is 0.767. The van der Waals surface area contributed by atoms with Gasteiger partial charge in [-0.05, 0) is 40.7 Å². The Balaban J connectivity index is 4.14. The summed E-state index contributed by atoms with van der Waals surface area (Å²) < 4.78 is 22.8. The van der Waals surface area contributed by atoms with Gasteiger partial charge in [0.15, 0.2) is 9.84 Å². The zero-order valence-electron chi connectivity index (χ0n) is 9.92. The van der Waals surface area contributed by atoms with Crippen LogP contribution in [0.2, 0.25) is 0 Å². The summed E-state index contributed by atoms with van der Waals surface area (Å²) in [6.07, 6.45) is 0.688. The van der Waals surface area contributed by atoms with Crippen LogP contribution >= 0.6 is 0 Å². The van der Waals surface area contributed by atoms with E-state index in [1.165, 1.54) is 0 Å². The van der Waals surface area contributed by atoms with Crippen molar-refractivity contribution >= 4 is 9.84 Å². The van der Waals surface area contributed by atoms with Gasteiger partial charge >= 0.3 is 0 Å². The molecule has 0 aliphatic rings. The molecule has 1 N–H and O–H groups in total. The minimum Gasteiger partial charge on any atom is -0.314 e. The first-order chi connectivity index (χ1) is 6.20. The molecule has 1 atom stereocenters. The summed E-state index contributed by atoms with van der Waals surface area (Å²) in [5.41, 5.74) is 0. The summed E-state index contributed by atoms with van der Waals surface area (Å²) in [5.74, 6) is 0.269. The van der Waals surface area contributed by atoms with E-state index in [1.54, 1.807) is 20.8 Å². The first-order valence-electron chi connectivity index (χ1n) is 5.16. The second-order valence-electron chi connectivity index (χ2n) is 4.68. The molecule has 0 spiro atoms. The number of nitrogens with one attached hydrogen (secondary N) is 1. The molecular formula is C10H23NO2S. The molecule has 4 heteroatoms. The second kappa shape index (κ2) is 5.12. The Labute approximate surface area is 88.2 Å². The van der Waals surface area contributed by atoms with Gasteiger partial charge < -0.3 is 5.32 Å². The molecule has 0 aliphatic heterocycles. The molecule has 0 aromatic heterocycles. The SMILES string of the molecule is CCNC(C)CCS(=O)(=O)C(C)(C)C. The van der Waals surface area contributed by atoms with Crippen molar-refractivity contribution in [3.05, 3.63) is 0 Å². The van der Waals surface area contributed by atoms with Gasteiger partial charge in [-0.3, -0.25) is 0 Å². The molecule has 0 saturated carbocycles. The highest BCUT2D eigenvalue weighted by atomic mass is 32.2. The van der Waals surface area contributed by atoms with Gasteiger partial charge in [0.25, 0.3) is 0 Å². The second-order valence-corrected chi connectivity index (χ2v) is 7.54. The molecule has 0 aliphatic carbocycles. The molecule has 0 amide bonds. The van der Waals surface area contributed by atoms with E-state index < -0.39 is 14.6 Å². The van der Waals surface area contributed by atoms with E-state index in [-0.39, 0.29) is 11.8 Å². The molecule has 0 fully saturated rings. The maximum absolute atomic E-state index is 11.7. The Morgan fingerprint density at radius 3 is 2.14 bits per heavy atom. The number of rotatable bonds is 5. The summed E-state index contributed by atoms with van der Waals surface area (Å²) in [6, 6.07) is 0.275. The lowest BCUT2D eigenvalue weighted by atomic mass is 10.2. The third-order valence-electron chi connectivity index (χ3n) is 2.31. The average molecular weight is 221 g/mol. The van der Waals surface area contributed by atoms with Gasteiger partial charge in [-0.2, -0.15) is 0 Å². The maximum Gasteiger partial charge on any atom is 0.155 e. The van der Waals surface area contributed by atoms with Gasteiger partial charge in [-0.25, -0.2) is 8.42 Å². The third kappa shape index (κ3) is 4.42. The molecule has 0 aromatic carbocycles. The summed E-state index contributed by atoms with van der Waals surface area (Å²) in [6.45, 7) is 10.2. The normalized spacial score (nSPS) is 15.5. The van der Waals surface area contributed by atoms with Crippen LogP contribution in [0.4, 0.5) is 0 Å². The smallest absolute Gasteiger partial charge is 0.155 e. The highest BCUT2D eigenvalue weighted by Gasteiger charge is 2.28. The Morgan fingerprint density at radius 2 is 1.79 bits per heavy atom. The Bertz CT molecular complexity index is 252. The molecule has 0 heterocycles. The Kier molecular flexibility index (Phi) is 5.09. The summed E-state index contributed by atoms with van der Waals surface area (Å²) in [7, 11) is -2.95. The molecule has 1 unspecified atom stereocenters. The van der Waals surface area contributed by atoms with Crippen molar-refractivity contribution < 1.29 is 8.42 Å². The van der Waals surface area contributed by atoms with Crippen LogP contribution in [0.5, 0.6) is 0 Å². The van der Waals surface area contributed by atoms with Crippen molar-refractivity contribution in [3.63, 3.8) is 0 Å². The first kappa shape index (κ1) is 13.9. The van der Waals surface area contributed by atoms with Gasteiger partial charge in [-0.15, -0.1) is 0 Å². The largest absolute Gasteiger partial charge is 0.314 e. The highest BCUT2D eigenvalue weighted by molar-refractivity contribution is 7.92. The first-order valence-corrected chi connectivity index (χ1v) is 6.81. The lowest BCUT2D eigenvalue weighted by Gasteiger charge is -2.20. The van der Waals surface area contributed by atoms with Gasteiger partial charge in [-0.1, -0.05) is 6.92 Å². The maximum atomic E-state index is 11.7. The average Bonchev–Trinajstić information content (AvgIpc) is 1.99. The van der Waals surface area contributed by atoms with E-state index in [1.807, 2.05) is 13.8 Å². The number of hydrogen-bond acceptors (Lipinski definition) is 3. The lowest BCUT2D eigenvalue weighted by Crippen LogP contribution is -2.34. The van der Waals surface area contributed by atoms with Gasteiger partial charge in [0.2, 0.25) is 0 Å². The predicted molar refractivity (Wildman–Crippen MR) is 61.3 cm³/mol. The molecule has 0 rings (SSSR count). The van der Waals surface area contributed by atoms with E-state index in [0.717, 1.165) is 6.54 Å². The fourth-order valence-electron chi connectivity index (χ4n) is 1.09. The molecule has 0 bridgehead atoms. The van der Waals surface area contributed by atoms with Gasteiger partial charge in [0.1, 0.15) is 0 Å². The van der Waals surface area contributed by atoms with Crippen molar-refractivity contribution in [1.82, 2.24) is 5.32 Å². The summed E-state index contributed by atoms with van der Waals surface area (Å²) in [4.78, 5) is 0. The Morgan fingerprint density at radius 1 is 1.29 bits per heavy atom. The third-order valence-corrected chi connectivity index (χ3v) is 4.94. The van der Waals surface area contributed by atoms with Crippen molar-refractivity contribution in [1.29, 1.82) is 0 Å². The van der Waals surface area contributed by atoms with E-state index >= 15 is 0 Å². The van der Waals surface area contributed by atoms with E-state index in [2.05, 4.69) is 5.32 Å². The minimum atomic E-state index is -2.95. The van der Waals surface area contributed by atoms with Crippen LogP contribution in [0.25, 0.3) is 0 Å². The molecule has 86 valence electrons. The van der Waals surface area contributed by atoms with Crippen LogP contribution in [0.15, 0.2) is 0 Å². The predicted octanol–water partition coefficient (Wildman–Crippen LogP) is 1.59. The zero-order valence-corrected chi connectivity index (χ0v) is 10.7. The van der Waals surface area contributed by atoms with Crippen molar-refractivity contribution in [3.8, 4) is 0 Å². The topological polar surface area (TPSA) is 46.2 Å². The Hall–Kier alpha value is -0.0900. The van der Waals surface area contributed by atoms with Crippen LogP contribution in [-0.4, -0.2) is 31.5 Å². The van der Waals surface area contributed by atoms with Crippen LogP contribution in [0, 0.1) is 0 Å². The van der Waals surface area contributed by atoms with Crippen LogP contribution in [-0.2, 0) is 9.84 Å². The number of sulfone groups is 1. The molecule has 0 aromatic rings. The van der Waals surface area contributed by atoms with Gasteiger partial charge in [0.05, 0.1) is 10.5 Å². The number of hydrogen-bond donors (Lipinski definition) is 1. The van der Waals surface area contributed by atoms with E-state index in [9.17, 15) is 8.42 Å². The van der Waals surface area contributed by atoms with Crippen molar-refractivity contribution in [2.75, 3.05) is 12.3 Å². The fraction of sp³-hybridized carbons (Fsp3) is 1.00. The molecule has 0 saturated heterocycles. The lowest BCUT2D eigenvalue weighted by molar-refractivity contribution is 0.527. The summed E-state index contributed by atoms with van der Waals surface area (Å²) >= 11 is 0. The monoisotopic (exact) mass is 221 g/mol. The minimum absolute atomic E-state index is 0.269. The zero-order chi connectivity index (χ0) is 11.4. The van der Waals surface area contributed by atoms with Crippen molar-refractivity contribution in [2.24, 2.45) is 0 Å². The van der Waals surface area contributed by atoms with Crippen LogP contribution < -0.4 is 5.32 Å².